The van der Waals surface area contributed by atoms with Gasteiger partial charge in [0, 0.05) is 29.6 Å². The number of anilines is 2. The average molecular weight is 497 g/mol. The summed E-state index contributed by atoms with van der Waals surface area (Å²) < 4.78 is 0. The lowest BCUT2D eigenvalue weighted by molar-refractivity contribution is 0.0986. The van der Waals surface area contributed by atoms with E-state index in [1.54, 1.807) is 29.2 Å². The lowest BCUT2D eigenvalue weighted by atomic mass is 10.0. The number of fused-ring (bicyclic) bond motifs is 3. The minimum Gasteiger partial charge on any atom is -0.322 e. The van der Waals surface area contributed by atoms with Crippen LogP contribution >= 0.6 is 11.6 Å². The molecule has 3 aromatic carbocycles. The predicted octanol–water partition coefficient (Wildman–Crippen LogP) is 6.18. The van der Waals surface area contributed by atoms with E-state index >= 15 is 0 Å². The number of nitrogens with one attached hydrogen (secondary N) is 1. The quantitative estimate of drug-likeness (QED) is 0.367. The molecule has 5 rings (SSSR count). The number of aryl methyl sites for hydroxylation is 2. The van der Waals surface area contributed by atoms with Gasteiger partial charge in [0.05, 0.1) is 22.0 Å². The molecule has 0 unspecified atom stereocenters. The Morgan fingerprint density at radius 1 is 0.972 bits per heavy atom. The van der Waals surface area contributed by atoms with Gasteiger partial charge in [0.2, 0.25) is 0 Å². The van der Waals surface area contributed by atoms with Crippen molar-refractivity contribution in [3.63, 3.8) is 0 Å². The van der Waals surface area contributed by atoms with E-state index in [1.165, 1.54) is 0 Å². The van der Waals surface area contributed by atoms with Crippen LogP contribution in [-0.2, 0) is 6.42 Å². The van der Waals surface area contributed by atoms with Gasteiger partial charge in [-0.2, -0.15) is 0 Å². The predicted molar refractivity (Wildman–Crippen MR) is 143 cm³/mol. The van der Waals surface area contributed by atoms with Gasteiger partial charge in [-0.3, -0.25) is 9.59 Å². The number of carbonyl (C=O) groups excluding carboxylic acids is 2. The van der Waals surface area contributed by atoms with Gasteiger partial charge in [-0.25, -0.2) is 9.97 Å². The van der Waals surface area contributed by atoms with E-state index in [0.29, 0.717) is 35.6 Å². The molecular weight excluding hydrogens is 472 g/mol. The summed E-state index contributed by atoms with van der Waals surface area (Å²) in [6.07, 6.45) is 2.46. The van der Waals surface area contributed by atoms with Crippen molar-refractivity contribution in [2.75, 3.05) is 16.8 Å². The molecule has 2 amide bonds. The number of hydrogen-bond donors (Lipinski definition) is 1. The number of nitrogens with zero attached hydrogens (tertiary/aromatic N) is 3. The second-order valence-electron chi connectivity index (χ2n) is 8.91. The molecule has 36 heavy (non-hydrogen) atoms. The highest BCUT2D eigenvalue weighted by Gasteiger charge is 2.27. The van der Waals surface area contributed by atoms with Crippen molar-refractivity contribution < 1.29 is 9.59 Å². The highest BCUT2D eigenvalue weighted by Crippen LogP contribution is 2.36. The fourth-order valence-electron chi connectivity index (χ4n) is 4.49. The number of benzene rings is 3. The first-order valence-electron chi connectivity index (χ1n) is 11.7. The molecule has 0 aliphatic carbocycles. The number of hydrogen-bond acceptors (Lipinski definition) is 4. The van der Waals surface area contributed by atoms with Gasteiger partial charge in [0.1, 0.15) is 5.82 Å². The molecule has 1 aliphatic rings. The van der Waals surface area contributed by atoms with Gasteiger partial charge in [-0.15, -0.1) is 0 Å². The normalized spacial score (nSPS) is 12.4. The van der Waals surface area contributed by atoms with Gasteiger partial charge < -0.3 is 10.2 Å². The third-order valence-corrected chi connectivity index (χ3v) is 6.90. The Morgan fingerprint density at radius 3 is 2.58 bits per heavy atom. The largest absolute Gasteiger partial charge is 0.322 e. The van der Waals surface area contributed by atoms with E-state index in [0.717, 1.165) is 33.6 Å². The molecule has 1 aromatic heterocycles. The smallest absolute Gasteiger partial charge is 0.259 e. The molecule has 4 aromatic rings. The highest BCUT2D eigenvalue weighted by atomic mass is 35.5. The maximum Gasteiger partial charge on any atom is 0.259 e. The Kier molecular flexibility index (Phi) is 6.29. The number of rotatable bonds is 3. The van der Waals surface area contributed by atoms with E-state index in [2.05, 4.69) is 15.3 Å². The number of amides is 2. The third kappa shape index (κ3) is 4.36. The summed E-state index contributed by atoms with van der Waals surface area (Å²) >= 11 is 6.59. The van der Waals surface area contributed by atoms with Crippen molar-refractivity contribution in [2.45, 2.75) is 27.2 Å². The molecule has 6 nitrogen and oxygen atoms in total. The minimum absolute atomic E-state index is 0.211. The van der Waals surface area contributed by atoms with Crippen LogP contribution in [-0.4, -0.2) is 28.3 Å². The average Bonchev–Trinajstić information content (AvgIpc) is 3.02. The molecule has 0 saturated carbocycles. The van der Waals surface area contributed by atoms with Crippen LogP contribution < -0.4 is 10.2 Å². The maximum absolute atomic E-state index is 13.7. The van der Waals surface area contributed by atoms with E-state index in [4.69, 9.17) is 11.6 Å². The first-order valence-corrected chi connectivity index (χ1v) is 12.1. The van der Waals surface area contributed by atoms with Crippen molar-refractivity contribution in [3.8, 4) is 11.3 Å². The number of aromatic nitrogens is 2. The van der Waals surface area contributed by atoms with Gasteiger partial charge in [0.15, 0.2) is 0 Å². The monoisotopic (exact) mass is 496 g/mol. The zero-order valence-electron chi connectivity index (χ0n) is 20.3. The zero-order valence-corrected chi connectivity index (χ0v) is 21.1. The van der Waals surface area contributed by atoms with Gasteiger partial charge in [0.25, 0.3) is 11.8 Å². The summed E-state index contributed by atoms with van der Waals surface area (Å²) in [5.74, 6) is 0.254. The lowest BCUT2D eigenvalue weighted by Gasteiger charge is -2.23. The molecule has 0 radical (unpaired) electrons. The van der Waals surface area contributed by atoms with E-state index in [9.17, 15) is 9.59 Å². The van der Waals surface area contributed by atoms with Gasteiger partial charge in [-0.1, -0.05) is 41.9 Å². The van der Waals surface area contributed by atoms with E-state index in [1.807, 2.05) is 63.4 Å². The van der Waals surface area contributed by atoms with Crippen LogP contribution in [0.25, 0.3) is 11.3 Å². The van der Waals surface area contributed by atoms with Crippen molar-refractivity contribution in [2.24, 2.45) is 0 Å². The third-order valence-electron chi connectivity index (χ3n) is 6.59. The van der Waals surface area contributed by atoms with Crippen molar-refractivity contribution >= 4 is 34.8 Å². The van der Waals surface area contributed by atoms with Crippen LogP contribution in [0.4, 0.5) is 11.4 Å². The fraction of sp³-hybridized carbons (Fsp3) is 0.172. The molecule has 0 bridgehead atoms. The van der Waals surface area contributed by atoms with Crippen LogP contribution in [0.2, 0.25) is 5.02 Å². The number of para-hydroxylation sites is 1. The zero-order chi connectivity index (χ0) is 25.4. The second kappa shape index (κ2) is 9.55. The summed E-state index contributed by atoms with van der Waals surface area (Å²) in [6, 6.07) is 18.3. The van der Waals surface area contributed by atoms with Crippen LogP contribution in [0.3, 0.4) is 0 Å². The lowest BCUT2D eigenvalue weighted by Crippen LogP contribution is -2.32. The Balaban J connectivity index is 1.44. The summed E-state index contributed by atoms with van der Waals surface area (Å²) in [4.78, 5) is 37.3. The summed E-state index contributed by atoms with van der Waals surface area (Å²) in [5, 5.41) is 3.16. The molecule has 0 spiro atoms. The Hall–Kier alpha value is -4.03. The van der Waals surface area contributed by atoms with E-state index < -0.39 is 0 Å². The number of halogens is 1. The minimum atomic E-state index is -0.220. The maximum atomic E-state index is 13.7. The van der Waals surface area contributed by atoms with Crippen molar-refractivity contribution in [1.29, 1.82) is 0 Å². The first kappa shape index (κ1) is 23.7. The fourth-order valence-corrected chi connectivity index (χ4v) is 4.75. The molecule has 1 aliphatic heterocycles. The standard InChI is InChI=1S/C29H25ClN4O2/c1-17-7-6-9-22(18(17)2)28(35)33-21-11-12-23(25(30)15-21)29(36)34-14-13-20-16-31-19(3)32-27(20)24-8-4-5-10-26(24)34/h4-12,15-16H,13-14H2,1-3H3,(H,33,35). The Labute approximate surface area is 215 Å². The number of carbonyl (C=O) groups is 2. The summed E-state index contributed by atoms with van der Waals surface area (Å²) in [6.45, 7) is 6.22. The summed E-state index contributed by atoms with van der Waals surface area (Å²) in [5.41, 5.74) is 6.98. The molecule has 7 heteroatoms. The van der Waals surface area contributed by atoms with Crippen LogP contribution in [0, 0.1) is 20.8 Å². The van der Waals surface area contributed by atoms with Crippen LogP contribution in [0.5, 0.6) is 0 Å². The SMILES string of the molecule is Cc1ncc2c(n1)-c1ccccc1N(C(=O)c1ccc(NC(=O)c3cccc(C)c3C)cc1Cl)CC2. The Morgan fingerprint density at radius 2 is 1.78 bits per heavy atom. The molecule has 1 N–H and O–H groups in total. The van der Waals surface area contributed by atoms with E-state index in [-0.39, 0.29) is 16.8 Å². The molecule has 2 heterocycles. The van der Waals surface area contributed by atoms with Crippen LogP contribution in [0.15, 0.2) is 66.9 Å². The molecule has 180 valence electrons. The second-order valence-corrected chi connectivity index (χ2v) is 9.32. The van der Waals surface area contributed by atoms with Gasteiger partial charge in [-0.05, 0) is 74.2 Å². The highest BCUT2D eigenvalue weighted by molar-refractivity contribution is 6.35. The molecule has 0 fully saturated rings. The molecule has 0 atom stereocenters. The first-order chi connectivity index (χ1) is 17.3. The topological polar surface area (TPSA) is 75.2 Å². The molecular formula is C29H25ClN4O2. The summed E-state index contributed by atoms with van der Waals surface area (Å²) in [7, 11) is 0. The van der Waals surface area contributed by atoms with Crippen molar-refractivity contribution in [3.05, 3.63) is 106 Å². The molecule has 0 saturated heterocycles. The Bertz CT molecular complexity index is 1520. The van der Waals surface area contributed by atoms with Crippen molar-refractivity contribution in [1.82, 2.24) is 9.97 Å². The van der Waals surface area contributed by atoms with Crippen LogP contribution in [0.1, 0.15) is 43.2 Å². The van der Waals surface area contributed by atoms with Gasteiger partial charge >= 0.3 is 0 Å².